The molecule has 30 heavy (non-hydrogen) atoms. The molecule has 3 N–H and O–H groups in total. The van der Waals surface area contributed by atoms with E-state index in [-0.39, 0.29) is 11.7 Å². The van der Waals surface area contributed by atoms with E-state index in [2.05, 4.69) is 41.2 Å². The molecule has 1 saturated heterocycles. The standard InChI is InChI=1S/C23H29F2N3O2/c1-18-3-2-4-20(15-18)16-27-11-13-28(14-12-27)17-22(29)26-10-9-19-5-7-21(8-6-19)30-23(24)25/h2-8,15,23H,9-14,16-17H2,1H3,(H,26,29)/p+2. The van der Waals surface area contributed by atoms with Crippen LogP contribution in [0.1, 0.15) is 16.7 Å². The Morgan fingerprint density at radius 2 is 1.73 bits per heavy atom. The molecule has 0 unspecified atom stereocenters. The van der Waals surface area contributed by atoms with Gasteiger partial charge in [0, 0.05) is 12.1 Å². The summed E-state index contributed by atoms with van der Waals surface area (Å²) in [6, 6.07) is 15.2. The van der Waals surface area contributed by atoms with Crippen molar-refractivity contribution in [3.05, 3.63) is 65.2 Å². The summed E-state index contributed by atoms with van der Waals surface area (Å²) in [4.78, 5) is 15.1. The number of nitrogens with one attached hydrogen (secondary N) is 3. The van der Waals surface area contributed by atoms with Crippen LogP contribution in [0.25, 0.3) is 0 Å². The van der Waals surface area contributed by atoms with Gasteiger partial charge in [-0.3, -0.25) is 4.79 Å². The number of carbonyl (C=O) groups is 1. The first-order chi connectivity index (χ1) is 14.5. The van der Waals surface area contributed by atoms with Gasteiger partial charge in [-0.2, -0.15) is 8.78 Å². The number of piperazine rings is 1. The fourth-order valence-corrected chi connectivity index (χ4v) is 3.89. The van der Waals surface area contributed by atoms with Crippen LogP contribution in [0.4, 0.5) is 8.78 Å². The molecule has 1 aliphatic rings. The maximum absolute atomic E-state index is 12.2. The van der Waals surface area contributed by atoms with Gasteiger partial charge >= 0.3 is 6.61 Å². The van der Waals surface area contributed by atoms with Crippen LogP contribution >= 0.6 is 0 Å². The summed E-state index contributed by atoms with van der Waals surface area (Å²) < 4.78 is 28.7. The maximum atomic E-state index is 12.2. The Labute approximate surface area is 176 Å². The van der Waals surface area contributed by atoms with Gasteiger partial charge in [-0.25, -0.2) is 0 Å². The molecule has 0 atom stereocenters. The zero-order valence-electron chi connectivity index (χ0n) is 17.4. The zero-order chi connectivity index (χ0) is 21.3. The number of halogens is 2. The topological polar surface area (TPSA) is 47.2 Å². The van der Waals surface area contributed by atoms with E-state index < -0.39 is 6.61 Å². The third kappa shape index (κ3) is 7.39. The van der Waals surface area contributed by atoms with Crippen molar-refractivity contribution < 1.29 is 28.1 Å². The van der Waals surface area contributed by atoms with Gasteiger partial charge in [0.2, 0.25) is 0 Å². The minimum atomic E-state index is -2.82. The lowest BCUT2D eigenvalue weighted by atomic mass is 10.1. The van der Waals surface area contributed by atoms with Gasteiger partial charge in [-0.05, 0) is 31.0 Å². The fourth-order valence-electron chi connectivity index (χ4n) is 3.89. The summed E-state index contributed by atoms with van der Waals surface area (Å²) in [6.45, 7) is 5.53. The monoisotopic (exact) mass is 419 g/mol. The molecule has 0 saturated carbocycles. The number of rotatable bonds is 9. The Morgan fingerprint density at radius 1 is 1.03 bits per heavy atom. The van der Waals surface area contributed by atoms with E-state index in [1.165, 1.54) is 28.2 Å². The van der Waals surface area contributed by atoms with Crippen molar-refractivity contribution in [1.82, 2.24) is 5.32 Å². The minimum absolute atomic E-state index is 0.0600. The highest BCUT2D eigenvalue weighted by atomic mass is 19.3. The molecular weight excluding hydrogens is 388 g/mol. The second-order valence-electron chi connectivity index (χ2n) is 7.97. The van der Waals surface area contributed by atoms with Crippen molar-refractivity contribution >= 4 is 5.91 Å². The molecule has 0 radical (unpaired) electrons. The first-order valence-corrected chi connectivity index (χ1v) is 10.5. The number of aryl methyl sites for hydroxylation is 1. The van der Waals surface area contributed by atoms with E-state index in [0.29, 0.717) is 19.5 Å². The Morgan fingerprint density at radius 3 is 2.40 bits per heavy atom. The molecule has 1 fully saturated rings. The summed E-state index contributed by atoms with van der Waals surface area (Å²) >= 11 is 0. The lowest BCUT2D eigenvalue weighted by Crippen LogP contribution is -3.28. The Kier molecular flexibility index (Phi) is 8.16. The third-order valence-electron chi connectivity index (χ3n) is 5.50. The quantitative estimate of drug-likeness (QED) is 0.545. The SMILES string of the molecule is Cc1cccc(C[NH+]2CC[NH+](CC(=O)NCCc3ccc(OC(F)F)cc3)CC2)c1. The van der Waals surface area contributed by atoms with Crippen LogP contribution in [0.3, 0.4) is 0 Å². The number of hydrogen-bond donors (Lipinski definition) is 3. The Hall–Kier alpha value is -2.51. The summed E-state index contributed by atoms with van der Waals surface area (Å²) in [7, 11) is 0. The number of amides is 1. The van der Waals surface area contributed by atoms with Gasteiger partial charge in [0.05, 0.1) is 0 Å². The van der Waals surface area contributed by atoms with Crippen molar-refractivity contribution in [3.8, 4) is 5.75 Å². The van der Waals surface area contributed by atoms with Gasteiger partial charge < -0.3 is 19.9 Å². The van der Waals surface area contributed by atoms with Crippen molar-refractivity contribution in [1.29, 1.82) is 0 Å². The van der Waals surface area contributed by atoms with Crippen LogP contribution in [0, 0.1) is 6.92 Å². The second kappa shape index (κ2) is 11.0. The maximum Gasteiger partial charge on any atom is 0.387 e. The van der Waals surface area contributed by atoms with Crippen molar-refractivity contribution in [2.24, 2.45) is 0 Å². The van der Waals surface area contributed by atoms with Crippen LogP contribution in [0.5, 0.6) is 5.75 Å². The van der Waals surface area contributed by atoms with E-state index in [1.54, 1.807) is 17.0 Å². The minimum Gasteiger partial charge on any atom is -0.435 e. The second-order valence-corrected chi connectivity index (χ2v) is 7.97. The molecule has 1 heterocycles. The van der Waals surface area contributed by atoms with Crippen LogP contribution in [0.15, 0.2) is 48.5 Å². The number of quaternary nitrogens is 2. The molecule has 2 aromatic rings. The van der Waals surface area contributed by atoms with Crippen LogP contribution in [-0.4, -0.2) is 51.8 Å². The molecule has 0 spiro atoms. The van der Waals surface area contributed by atoms with Gasteiger partial charge in [0.25, 0.3) is 5.91 Å². The van der Waals surface area contributed by atoms with Gasteiger partial charge in [0.1, 0.15) is 38.5 Å². The average Bonchev–Trinajstić information content (AvgIpc) is 2.70. The van der Waals surface area contributed by atoms with Crippen molar-refractivity contribution in [2.75, 3.05) is 39.3 Å². The number of ether oxygens (including phenoxy) is 1. The Bertz CT molecular complexity index is 806. The highest BCUT2D eigenvalue weighted by Crippen LogP contribution is 2.14. The molecule has 1 aliphatic heterocycles. The van der Waals surface area contributed by atoms with Gasteiger partial charge in [-0.1, -0.05) is 42.0 Å². The summed E-state index contributed by atoms with van der Waals surface area (Å²) in [5, 5.41) is 2.96. The fraction of sp³-hybridized carbons (Fsp3) is 0.435. The molecule has 1 amide bonds. The van der Waals surface area contributed by atoms with Crippen LogP contribution in [-0.2, 0) is 17.8 Å². The lowest BCUT2D eigenvalue weighted by molar-refractivity contribution is -1.02. The summed E-state index contributed by atoms with van der Waals surface area (Å²) in [6.07, 6.45) is 0.657. The third-order valence-corrected chi connectivity index (χ3v) is 5.50. The van der Waals surface area contributed by atoms with E-state index in [1.807, 2.05) is 0 Å². The molecule has 7 heteroatoms. The van der Waals surface area contributed by atoms with Crippen LogP contribution in [0.2, 0.25) is 0 Å². The molecule has 2 aromatic carbocycles. The lowest BCUT2D eigenvalue weighted by Gasteiger charge is -2.29. The smallest absolute Gasteiger partial charge is 0.387 e. The zero-order valence-corrected chi connectivity index (χ0v) is 17.4. The van der Waals surface area contributed by atoms with E-state index in [0.717, 1.165) is 38.3 Å². The Balaban J connectivity index is 1.32. The van der Waals surface area contributed by atoms with E-state index >= 15 is 0 Å². The largest absolute Gasteiger partial charge is 0.435 e. The van der Waals surface area contributed by atoms with Crippen LogP contribution < -0.4 is 19.9 Å². The molecule has 0 aliphatic carbocycles. The first kappa shape index (κ1) is 22.2. The highest BCUT2D eigenvalue weighted by Gasteiger charge is 2.24. The van der Waals surface area contributed by atoms with Crippen molar-refractivity contribution in [2.45, 2.75) is 26.5 Å². The summed E-state index contributed by atoms with van der Waals surface area (Å²) in [5.74, 6) is 0.204. The van der Waals surface area contributed by atoms with E-state index in [9.17, 15) is 13.6 Å². The molecule has 3 rings (SSSR count). The molecular formula is C23H31F2N3O2+2. The predicted octanol–water partition coefficient (Wildman–Crippen LogP) is 0.239. The number of hydrogen-bond acceptors (Lipinski definition) is 2. The highest BCUT2D eigenvalue weighted by molar-refractivity contribution is 5.76. The first-order valence-electron chi connectivity index (χ1n) is 10.5. The number of benzene rings is 2. The van der Waals surface area contributed by atoms with Gasteiger partial charge in [0.15, 0.2) is 6.54 Å². The summed E-state index contributed by atoms with van der Waals surface area (Å²) in [5.41, 5.74) is 3.64. The molecule has 162 valence electrons. The average molecular weight is 420 g/mol. The molecule has 5 nitrogen and oxygen atoms in total. The number of alkyl halides is 2. The molecule has 0 bridgehead atoms. The number of carbonyl (C=O) groups excluding carboxylic acids is 1. The van der Waals surface area contributed by atoms with Crippen molar-refractivity contribution in [3.63, 3.8) is 0 Å². The van der Waals surface area contributed by atoms with E-state index in [4.69, 9.17) is 0 Å². The predicted molar refractivity (Wildman–Crippen MR) is 111 cm³/mol. The molecule has 0 aromatic heterocycles. The van der Waals surface area contributed by atoms with Gasteiger partial charge in [-0.15, -0.1) is 0 Å². The normalized spacial score (nSPS) is 18.9.